The highest BCUT2D eigenvalue weighted by Gasteiger charge is 2.26. The van der Waals surface area contributed by atoms with Crippen molar-refractivity contribution in [3.8, 4) is 0 Å². The molecule has 0 aromatic carbocycles. The molecule has 0 aromatic heterocycles. The third-order valence-electron chi connectivity index (χ3n) is 2.94. The van der Waals surface area contributed by atoms with Crippen LogP contribution in [-0.4, -0.2) is 42.2 Å². The summed E-state index contributed by atoms with van der Waals surface area (Å²) in [5, 5.41) is 14.6. The summed E-state index contributed by atoms with van der Waals surface area (Å²) in [6.07, 6.45) is 3.67. The average molecular weight is 243 g/mol. The molecule has 1 aliphatic rings. The van der Waals surface area contributed by atoms with Crippen LogP contribution in [0.25, 0.3) is 0 Å². The highest BCUT2D eigenvalue weighted by atomic mass is 16.4. The maximum Gasteiger partial charge on any atom is 0.326 e. The van der Waals surface area contributed by atoms with Crippen molar-refractivity contribution in [3.05, 3.63) is 0 Å². The molecule has 2 atom stereocenters. The Balaban J connectivity index is 2.36. The third-order valence-corrected chi connectivity index (χ3v) is 2.94. The Hall–Kier alpha value is -1.14. The summed E-state index contributed by atoms with van der Waals surface area (Å²) in [4.78, 5) is 22.7. The molecule has 0 aromatic rings. The monoisotopic (exact) mass is 243 g/mol. The normalized spacial score (nSPS) is 21.1. The summed E-state index contributed by atoms with van der Waals surface area (Å²) in [6, 6.07) is -1.03. The molecular formula is C11H21N3O3. The van der Waals surface area contributed by atoms with E-state index in [-0.39, 0.29) is 11.9 Å². The van der Waals surface area contributed by atoms with E-state index in [1.807, 2.05) is 0 Å². The third kappa shape index (κ3) is 4.70. The Kier molecular flexibility index (Phi) is 5.93. The van der Waals surface area contributed by atoms with Gasteiger partial charge in [-0.15, -0.1) is 0 Å². The number of carbonyl (C=O) groups is 2. The van der Waals surface area contributed by atoms with Crippen LogP contribution in [-0.2, 0) is 9.59 Å². The van der Waals surface area contributed by atoms with Crippen LogP contribution in [0.2, 0.25) is 0 Å². The second-order valence-electron chi connectivity index (χ2n) is 4.33. The van der Waals surface area contributed by atoms with E-state index in [0.29, 0.717) is 19.4 Å². The maximum atomic E-state index is 11.7. The summed E-state index contributed by atoms with van der Waals surface area (Å²) in [5.41, 5.74) is 5.35. The Bertz CT molecular complexity index is 265. The van der Waals surface area contributed by atoms with Crippen molar-refractivity contribution in [1.82, 2.24) is 10.6 Å². The van der Waals surface area contributed by atoms with E-state index in [9.17, 15) is 9.59 Å². The molecule has 1 heterocycles. The number of unbranched alkanes of at least 4 members (excludes halogenated alkanes) is 1. The highest BCUT2D eigenvalue weighted by Crippen LogP contribution is 2.07. The lowest BCUT2D eigenvalue weighted by Gasteiger charge is -2.17. The largest absolute Gasteiger partial charge is 0.480 e. The number of amides is 1. The predicted molar refractivity (Wildman–Crippen MR) is 63.5 cm³/mol. The van der Waals surface area contributed by atoms with Crippen molar-refractivity contribution in [2.75, 3.05) is 13.1 Å². The van der Waals surface area contributed by atoms with Gasteiger partial charge in [-0.3, -0.25) is 4.79 Å². The van der Waals surface area contributed by atoms with E-state index in [4.69, 9.17) is 10.8 Å². The molecule has 6 nitrogen and oxygen atoms in total. The Labute approximate surface area is 101 Å². The van der Waals surface area contributed by atoms with Crippen LogP contribution >= 0.6 is 0 Å². The van der Waals surface area contributed by atoms with Crippen LogP contribution in [0.3, 0.4) is 0 Å². The van der Waals surface area contributed by atoms with Crippen molar-refractivity contribution < 1.29 is 14.7 Å². The van der Waals surface area contributed by atoms with E-state index in [1.54, 1.807) is 0 Å². The molecular weight excluding hydrogens is 222 g/mol. The van der Waals surface area contributed by atoms with E-state index in [2.05, 4.69) is 10.6 Å². The van der Waals surface area contributed by atoms with Gasteiger partial charge >= 0.3 is 5.97 Å². The first-order valence-corrected chi connectivity index (χ1v) is 6.11. The molecule has 0 radical (unpaired) electrons. The highest BCUT2D eigenvalue weighted by molar-refractivity contribution is 5.87. The van der Waals surface area contributed by atoms with Crippen LogP contribution < -0.4 is 16.4 Å². The average Bonchev–Trinajstić information content (AvgIpc) is 2.81. The molecule has 1 fully saturated rings. The molecule has 1 aliphatic heterocycles. The quantitative estimate of drug-likeness (QED) is 0.449. The Morgan fingerprint density at radius 2 is 2.24 bits per heavy atom. The number of hydrogen-bond donors (Lipinski definition) is 4. The van der Waals surface area contributed by atoms with Gasteiger partial charge < -0.3 is 21.5 Å². The van der Waals surface area contributed by atoms with Gasteiger partial charge in [0.25, 0.3) is 0 Å². The fourth-order valence-electron chi connectivity index (χ4n) is 1.93. The Morgan fingerprint density at radius 3 is 2.76 bits per heavy atom. The minimum absolute atomic E-state index is 0.206. The summed E-state index contributed by atoms with van der Waals surface area (Å²) in [6.45, 7) is 1.37. The SMILES string of the molecule is NCCCCC(NC(=O)[C@@H]1CCCN1)C(=O)O. The van der Waals surface area contributed by atoms with Crippen LogP contribution in [0, 0.1) is 0 Å². The molecule has 1 unspecified atom stereocenters. The predicted octanol–water partition coefficient (Wildman–Crippen LogP) is -0.563. The molecule has 0 bridgehead atoms. The summed E-state index contributed by atoms with van der Waals surface area (Å²) in [7, 11) is 0. The first-order chi connectivity index (χ1) is 8.15. The maximum absolute atomic E-state index is 11.7. The van der Waals surface area contributed by atoms with Gasteiger partial charge in [-0.2, -0.15) is 0 Å². The van der Waals surface area contributed by atoms with Crippen LogP contribution in [0.15, 0.2) is 0 Å². The van der Waals surface area contributed by atoms with Crippen molar-refractivity contribution in [2.24, 2.45) is 5.73 Å². The summed E-state index contributed by atoms with van der Waals surface area (Å²) in [5.74, 6) is -1.18. The van der Waals surface area contributed by atoms with Crippen molar-refractivity contribution in [3.63, 3.8) is 0 Å². The number of aliphatic carboxylic acids is 1. The molecule has 0 aliphatic carbocycles. The number of carboxylic acid groups (broad SMARTS) is 1. The van der Waals surface area contributed by atoms with Crippen LogP contribution in [0.1, 0.15) is 32.1 Å². The van der Waals surface area contributed by atoms with Crippen LogP contribution in [0.4, 0.5) is 0 Å². The molecule has 1 amide bonds. The molecule has 98 valence electrons. The van der Waals surface area contributed by atoms with E-state index in [1.165, 1.54) is 0 Å². The standard InChI is InChI=1S/C11H21N3O3/c12-6-2-1-4-9(11(16)17)14-10(15)8-5-3-7-13-8/h8-9,13H,1-7,12H2,(H,14,15)(H,16,17)/t8-,9?/m0/s1. The Morgan fingerprint density at radius 1 is 1.47 bits per heavy atom. The molecule has 6 heteroatoms. The molecule has 1 rings (SSSR count). The van der Waals surface area contributed by atoms with E-state index >= 15 is 0 Å². The van der Waals surface area contributed by atoms with Gasteiger partial charge in [-0.1, -0.05) is 0 Å². The first-order valence-electron chi connectivity index (χ1n) is 6.11. The van der Waals surface area contributed by atoms with Gasteiger partial charge in [0.1, 0.15) is 6.04 Å². The molecule has 0 saturated carbocycles. The smallest absolute Gasteiger partial charge is 0.326 e. The van der Waals surface area contributed by atoms with Gasteiger partial charge in [0.15, 0.2) is 0 Å². The van der Waals surface area contributed by atoms with Crippen LogP contribution in [0.5, 0.6) is 0 Å². The number of rotatable bonds is 7. The number of carbonyl (C=O) groups excluding carboxylic acids is 1. The number of nitrogens with one attached hydrogen (secondary N) is 2. The zero-order valence-electron chi connectivity index (χ0n) is 9.95. The molecule has 5 N–H and O–H groups in total. The van der Waals surface area contributed by atoms with Gasteiger partial charge in [-0.25, -0.2) is 4.79 Å². The van der Waals surface area contributed by atoms with E-state index in [0.717, 1.165) is 25.8 Å². The fraction of sp³-hybridized carbons (Fsp3) is 0.818. The van der Waals surface area contributed by atoms with Crippen molar-refractivity contribution >= 4 is 11.9 Å². The van der Waals surface area contributed by atoms with Gasteiger partial charge in [0.05, 0.1) is 6.04 Å². The topological polar surface area (TPSA) is 104 Å². The lowest BCUT2D eigenvalue weighted by Crippen LogP contribution is -2.48. The minimum Gasteiger partial charge on any atom is -0.480 e. The summed E-state index contributed by atoms with van der Waals surface area (Å²) >= 11 is 0. The number of nitrogens with two attached hydrogens (primary N) is 1. The number of carboxylic acids is 1. The van der Waals surface area contributed by atoms with Gasteiger partial charge in [0, 0.05) is 0 Å². The number of hydrogen-bond acceptors (Lipinski definition) is 4. The first kappa shape index (κ1) is 13.9. The summed E-state index contributed by atoms with van der Waals surface area (Å²) < 4.78 is 0. The molecule has 0 spiro atoms. The van der Waals surface area contributed by atoms with Gasteiger partial charge in [0.2, 0.25) is 5.91 Å². The van der Waals surface area contributed by atoms with E-state index < -0.39 is 12.0 Å². The van der Waals surface area contributed by atoms with Crippen molar-refractivity contribution in [1.29, 1.82) is 0 Å². The zero-order chi connectivity index (χ0) is 12.7. The lowest BCUT2D eigenvalue weighted by molar-refractivity contribution is -0.142. The van der Waals surface area contributed by atoms with Gasteiger partial charge in [-0.05, 0) is 45.2 Å². The second-order valence-corrected chi connectivity index (χ2v) is 4.33. The molecule has 17 heavy (non-hydrogen) atoms. The minimum atomic E-state index is -0.978. The fourth-order valence-corrected chi connectivity index (χ4v) is 1.93. The lowest BCUT2D eigenvalue weighted by atomic mass is 10.1. The van der Waals surface area contributed by atoms with Crippen molar-refractivity contribution in [2.45, 2.75) is 44.2 Å². The second kappa shape index (κ2) is 7.24. The zero-order valence-corrected chi connectivity index (χ0v) is 9.95. The molecule has 1 saturated heterocycles.